The van der Waals surface area contributed by atoms with Gasteiger partial charge in [0.15, 0.2) is 6.61 Å². The number of carbonyl (C=O) groups is 4. The Balaban J connectivity index is 2.06. The Morgan fingerprint density at radius 1 is 1.19 bits per heavy atom. The van der Waals surface area contributed by atoms with E-state index in [1.807, 2.05) is 0 Å². The van der Waals surface area contributed by atoms with E-state index in [2.05, 4.69) is 30.3 Å². The maximum Gasteiger partial charge on any atom is 0.348 e. The number of ether oxygens (including phenoxy) is 3. The summed E-state index contributed by atoms with van der Waals surface area (Å²) in [6, 6.07) is 0. The van der Waals surface area contributed by atoms with Crippen LogP contribution in [0, 0.1) is 6.92 Å². The first-order chi connectivity index (χ1) is 12.9. The number of hydrogen-bond donors (Lipinski definition) is 1. The zero-order valence-corrected chi connectivity index (χ0v) is 15.4. The molecule has 12 nitrogen and oxygen atoms in total. The Kier molecular flexibility index (Phi) is 6.54. The molecule has 13 heteroatoms. The van der Waals surface area contributed by atoms with Crippen LogP contribution in [0.5, 0.6) is 0 Å². The molecule has 0 saturated carbocycles. The number of methoxy groups -OCH3 is 2. The first kappa shape index (κ1) is 20.0. The summed E-state index contributed by atoms with van der Waals surface area (Å²) in [5.74, 6) is -2.83. The predicted octanol–water partition coefficient (Wildman–Crippen LogP) is -0.202. The van der Waals surface area contributed by atoms with Gasteiger partial charge in [-0.25, -0.2) is 14.3 Å². The van der Waals surface area contributed by atoms with Crippen molar-refractivity contribution in [2.45, 2.75) is 13.5 Å². The number of nitrogens with one attached hydrogen (secondary N) is 1. The molecule has 0 aromatic carbocycles. The fourth-order valence-corrected chi connectivity index (χ4v) is 3.11. The van der Waals surface area contributed by atoms with Crippen molar-refractivity contribution in [1.29, 1.82) is 0 Å². The largest absolute Gasteiger partial charge is 0.465 e. The summed E-state index contributed by atoms with van der Waals surface area (Å²) in [6.07, 6.45) is 1.22. The molecule has 0 aliphatic heterocycles. The van der Waals surface area contributed by atoms with Gasteiger partial charge in [-0.15, -0.1) is 16.4 Å². The van der Waals surface area contributed by atoms with Gasteiger partial charge in [0, 0.05) is 0 Å². The monoisotopic (exact) mass is 397 g/mol. The molecule has 144 valence electrons. The van der Waals surface area contributed by atoms with E-state index in [4.69, 9.17) is 4.74 Å². The van der Waals surface area contributed by atoms with Gasteiger partial charge in [0.2, 0.25) is 0 Å². The number of hydrogen-bond acceptors (Lipinski definition) is 11. The van der Waals surface area contributed by atoms with E-state index in [1.54, 1.807) is 0 Å². The molecule has 2 heterocycles. The van der Waals surface area contributed by atoms with Crippen LogP contribution in [0.3, 0.4) is 0 Å². The van der Waals surface area contributed by atoms with Crippen LogP contribution in [-0.4, -0.2) is 64.8 Å². The maximum absolute atomic E-state index is 12.0. The van der Waals surface area contributed by atoms with Crippen molar-refractivity contribution in [1.82, 2.24) is 20.2 Å². The van der Waals surface area contributed by atoms with Crippen LogP contribution < -0.4 is 5.32 Å². The molecule has 0 atom stereocenters. The van der Waals surface area contributed by atoms with Gasteiger partial charge in [-0.2, -0.15) is 0 Å². The molecule has 0 saturated heterocycles. The summed E-state index contributed by atoms with van der Waals surface area (Å²) >= 11 is 0.850. The van der Waals surface area contributed by atoms with Crippen LogP contribution in [0.15, 0.2) is 6.33 Å². The first-order valence-electron chi connectivity index (χ1n) is 7.33. The number of anilines is 1. The standard InChI is InChI=1S/C14H15N5O7S/c1-7-10(13(22)24-2)12(27-11(7)14(23)25-3)16-8(20)5-26-9(21)4-19-6-15-17-18-19/h6H,4-5H2,1-3H3,(H,16,20). The summed E-state index contributed by atoms with van der Waals surface area (Å²) in [6.45, 7) is 0.654. The van der Waals surface area contributed by atoms with Gasteiger partial charge >= 0.3 is 17.9 Å². The molecule has 0 bridgehead atoms. The normalized spacial score (nSPS) is 10.2. The fourth-order valence-electron chi connectivity index (χ4n) is 1.98. The van der Waals surface area contributed by atoms with Gasteiger partial charge < -0.3 is 19.5 Å². The summed E-state index contributed by atoms with van der Waals surface area (Å²) < 4.78 is 15.3. The zero-order chi connectivity index (χ0) is 20.0. The lowest BCUT2D eigenvalue weighted by Gasteiger charge is -2.07. The second-order valence-electron chi connectivity index (χ2n) is 4.96. The molecule has 0 spiro atoms. The summed E-state index contributed by atoms with van der Waals surface area (Å²) in [4.78, 5) is 47.6. The number of aromatic nitrogens is 4. The van der Waals surface area contributed by atoms with Gasteiger partial charge in [0.1, 0.15) is 22.8 Å². The van der Waals surface area contributed by atoms with E-state index in [-0.39, 0.29) is 22.0 Å². The lowest BCUT2D eigenvalue weighted by atomic mass is 10.1. The molecule has 2 aromatic rings. The minimum atomic E-state index is -0.733. The molecule has 0 unspecified atom stereocenters. The number of thiophene rings is 1. The van der Waals surface area contributed by atoms with E-state index in [0.29, 0.717) is 5.56 Å². The van der Waals surface area contributed by atoms with Crippen LogP contribution >= 0.6 is 11.3 Å². The Bertz CT molecular complexity index is 862. The van der Waals surface area contributed by atoms with Crippen molar-refractivity contribution < 1.29 is 33.4 Å². The van der Waals surface area contributed by atoms with Crippen molar-refractivity contribution >= 4 is 40.2 Å². The van der Waals surface area contributed by atoms with Crippen molar-refractivity contribution in [3.05, 3.63) is 22.3 Å². The quantitative estimate of drug-likeness (QED) is 0.491. The van der Waals surface area contributed by atoms with Gasteiger partial charge in [-0.3, -0.25) is 9.59 Å². The van der Waals surface area contributed by atoms with Crippen molar-refractivity contribution in [3.8, 4) is 0 Å². The second-order valence-corrected chi connectivity index (χ2v) is 5.98. The van der Waals surface area contributed by atoms with Crippen LogP contribution in [0.2, 0.25) is 0 Å². The van der Waals surface area contributed by atoms with Gasteiger partial charge in [0.25, 0.3) is 5.91 Å². The van der Waals surface area contributed by atoms with Gasteiger partial charge in [0.05, 0.1) is 19.8 Å². The highest BCUT2D eigenvalue weighted by molar-refractivity contribution is 7.18. The average molecular weight is 397 g/mol. The number of esters is 3. The van der Waals surface area contributed by atoms with Crippen molar-refractivity contribution in [2.24, 2.45) is 0 Å². The van der Waals surface area contributed by atoms with Crippen molar-refractivity contribution in [2.75, 3.05) is 26.1 Å². The van der Waals surface area contributed by atoms with E-state index < -0.39 is 30.4 Å². The molecule has 27 heavy (non-hydrogen) atoms. The van der Waals surface area contributed by atoms with Crippen LogP contribution in [-0.2, 0) is 30.3 Å². The smallest absolute Gasteiger partial charge is 0.348 e. The molecule has 2 aromatic heterocycles. The summed E-state index contributed by atoms with van der Waals surface area (Å²) in [7, 11) is 2.37. The van der Waals surface area contributed by atoms with Gasteiger partial charge in [-0.1, -0.05) is 0 Å². The molecular weight excluding hydrogens is 382 g/mol. The van der Waals surface area contributed by atoms with Crippen LogP contribution in [0.1, 0.15) is 25.6 Å². The molecule has 1 amide bonds. The predicted molar refractivity (Wildman–Crippen MR) is 89.1 cm³/mol. The highest BCUT2D eigenvalue weighted by atomic mass is 32.1. The minimum Gasteiger partial charge on any atom is -0.465 e. The average Bonchev–Trinajstić information content (AvgIpc) is 3.26. The lowest BCUT2D eigenvalue weighted by Crippen LogP contribution is -2.23. The zero-order valence-electron chi connectivity index (χ0n) is 14.5. The summed E-state index contributed by atoms with van der Waals surface area (Å²) in [5.41, 5.74) is 0.334. The molecule has 0 radical (unpaired) electrons. The number of carbonyl (C=O) groups excluding carboxylic acids is 4. The third-order valence-electron chi connectivity index (χ3n) is 3.21. The van der Waals surface area contributed by atoms with E-state index in [9.17, 15) is 19.2 Å². The third kappa shape index (κ3) is 4.84. The van der Waals surface area contributed by atoms with E-state index in [1.165, 1.54) is 27.5 Å². The number of amides is 1. The SMILES string of the molecule is COC(=O)c1sc(NC(=O)COC(=O)Cn2cnnn2)c(C(=O)OC)c1C. The maximum atomic E-state index is 12.0. The highest BCUT2D eigenvalue weighted by Gasteiger charge is 2.26. The Hall–Kier alpha value is -3.35. The number of nitrogens with zero attached hydrogens (tertiary/aromatic N) is 4. The molecule has 1 N–H and O–H groups in total. The first-order valence-corrected chi connectivity index (χ1v) is 8.15. The third-order valence-corrected chi connectivity index (χ3v) is 4.39. The lowest BCUT2D eigenvalue weighted by molar-refractivity contribution is -0.148. The molecule has 0 fully saturated rings. The Morgan fingerprint density at radius 3 is 2.48 bits per heavy atom. The molecule has 0 aliphatic rings. The number of tetrazole rings is 1. The topological polar surface area (TPSA) is 152 Å². The molecular formula is C14H15N5O7S. The Labute approximate surface area is 156 Å². The van der Waals surface area contributed by atoms with Crippen molar-refractivity contribution in [3.63, 3.8) is 0 Å². The van der Waals surface area contributed by atoms with Crippen LogP contribution in [0.25, 0.3) is 0 Å². The fraction of sp³-hybridized carbons (Fsp3) is 0.357. The summed E-state index contributed by atoms with van der Waals surface area (Å²) in [5, 5.41) is 12.7. The Morgan fingerprint density at radius 2 is 1.89 bits per heavy atom. The minimum absolute atomic E-state index is 0.0243. The number of rotatable bonds is 7. The molecule has 2 rings (SSSR count). The second kappa shape index (κ2) is 8.84. The molecule has 0 aliphatic carbocycles. The van der Waals surface area contributed by atoms with E-state index in [0.717, 1.165) is 16.0 Å². The van der Waals surface area contributed by atoms with E-state index >= 15 is 0 Å². The van der Waals surface area contributed by atoms with Gasteiger partial charge in [-0.05, 0) is 22.9 Å². The highest BCUT2D eigenvalue weighted by Crippen LogP contribution is 2.34. The van der Waals surface area contributed by atoms with Crippen LogP contribution in [0.4, 0.5) is 5.00 Å².